The van der Waals surface area contributed by atoms with Crippen molar-refractivity contribution >= 4 is 11.6 Å². The molecule has 0 spiro atoms. The summed E-state index contributed by atoms with van der Waals surface area (Å²) in [6, 6.07) is 17.3. The smallest absolute Gasteiger partial charge is 0.262 e. The highest BCUT2D eigenvalue weighted by Gasteiger charge is 2.03. The third-order valence-corrected chi connectivity index (χ3v) is 3.17. The van der Waals surface area contributed by atoms with Gasteiger partial charge in [0.25, 0.3) is 5.91 Å². The molecule has 0 aliphatic rings. The van der Waals surface area contributed by atoms with Crippen molar-refractivity contribution in [3.63, 3.8) is 0 Å². The first-order valence-corrected chi connectivity index (χ1v) is 7.34. The number of ether oxygens (including phenoxy) is 1. The molecule has 0 aromatic heterocycles. The summed E-state index contributed by atoms with van der Waals surface area (Å²) in [6.07, 6.45) is 3.48. The van der Waals surface area contributed by atoms with E-state index >= 15 is 0 Å². The van der Waals surface area contributed by atoms with E-state index < -0.39 is 0 Å². The lowest BCUT2D eigenvalue weighted by atomic mass is 10.1. The van der Waals surface area contributed by atoms with Crippen LogP contribution in [-0.4, -0.2) is 12.5 Å². The van der Waals surface area contributed by atoms with Gasteiger partial charge in [0, 0.05) is 5.69 Å². The number of aryl methyl sites for hydroxylation is 1. The molecular weight excluding hydrogens is 262 g/mol. The average Bonchev–Trinajstić information content (AvgIpc) is 2.53. The van der Waals surface area contributed by atoms with Gasteiger partial charge in [-0.15, -0.1) is 0 Å². The Morgan fingerprint density at radius 3 is 2.43 bits per heavy atom. The summed E-state index contributed by atoms with van der Waals surface area (Å²) in [7, 11) is 0. The number of nitrogens with one attached hydrogen (secondary N) is 1. The van der Waals surface area contributed by atoms with Gasteiger partial charge < -0.3 is 10.1 Å². The van der Waals surface area contributed by atoms with Crippen molar-refractivity contribution in [2.45, 2.75) is 26.2 Å². The van der Waals surface area contributed by atoms with Crippen LogP contribution in [0.25, 0.3) is 0 Å². The Morgan fingerprint density at radius 2 is 1.76 bits per heavy atom. The molecule has 2 rings (SSSR count). The number of rotatable bonds is 7. The van der Waals surface area contributed by atoms with E-state index in [0.29, 0.717) is 0 Å². The Kier molecular flexibility index (Phi) is 5.83. The Morgan fingerprint density at radius 1 is 1.05 bits per heavy atom. The van der Waals surface area contributed by atoms with Gasteiger partial charge in [-0.1, -0.05) is 43.7 Å². The van der Waals surface area contributed by atoms with Gasteiger partial charge in [-0.3, -0.25) is 4.79 Å². The fourth-order valence-corrected chi connectivity index (χ4v) is 2.00. The van der Waals surface area contributed by atoms with Crippen LogP contribution in [0.2, 0.25) is 0 Å². The Hall–Kier alpha value is -2.29. The summed E-state index contributed by atoms with van der Waals surface area (Å²) >= 11 is 0. The number of amides is 1. The standard InChI is InChI=1S/C18H21NO2/c1-2-3-7-15-10-12-17(13-11-15)21-14-18(20)19-16-8-5-4-6-9-16/h4-6,8-13H,2-3,7,14H2,1H3,(H,19,20). The van der Waals surface area contributed by atoms with Crippen LogP contribution in [0.1, 0.15) is 25.3 Å². The van der Waals surface area contributed by atoms with Crippen LogP contribution in [0, 0.1) is 0 Å². The van der Waals surface area contributed by atoms with Crippen molar-refractivity contribution in [3.05, 3.63) is 60.2 Å². The Labute approximate surface area is 126 Å². The zero-order valence-electron chi connectivity index (χ0n) is 12.3. The second kappa shape index (κ2) is 8.10. The predicted octanol–water partition coefficient (Wildman–Crippen LogP) is 4.05. The minimum atomic E-state index is -0.156. The summed E-state index contributed by atoms with van der Waals surface area (Å²) in [5.74, 6) is 0.565. The van der Waals surface area contributed by atoms with Crippen LogP contribution in [0.15, 0.2) is 54.6 Å². The lowest BCUT2D eigenvalue weighted by Gasteiger charge is -2.08. The predicted molar refractivity (Wildman–Crippen MR) is 85.6 cm³/mol. The topological polar surface area (TPSA) is 38.3 Å². The first-order valence-electron chi connectivity index (χ1n) is 7.34. The molecule has 0 unspecified atom stereocenters. The maximum absolute atomic E-state index is 11.8. The van der Waals surface area contributed by atoms with E-state index in [9.17, 15) is 4.79 Å². The van der Waals surface area contributed by atoms with Gasteiger partial charge in [0.05, 0.1) is 0 Å². The molecule has 0 atom stereocenters. The van der Waals surface area contributed by atoms with Crippen LogP contribution in [-0.2, 0) is 11.2 Å². The number of benzene rings is 2. The molecule has 0 fully saturated rings. The van der Waals surface area contributed by atoms with Crippen molar-refractivity contribution in [2.24, 2.45) is 0 Å². The SMILES string of the molecule is CCCCc1ccc(OCC(=O)Nc2ccccc2)cc1. The minimum Gasteiger partial charge on any atom is -0.484 e. The van der Waals surface area contributed by atoms with E-state index in [2.05, 4.69) is 24.4 Å². The largest absolute Gasteiger partial charge is 0.484 e. The van der Waals surface area contributed by atoms with E-state index in [1.165, 1.54) is 18.4 Å². The molecule has 0 radical (unpaired) electrons. The molecule has 0 heterocycles. The summed E-state index contributed by atoms with van der Waals surface area (Å²) in [4.78, 5) is 11.8. The van der Waals surface area contributed by atoms with Gasteiger partial charge in [0.1, 0.15) is 5.75 Å². The second-order valence-corrected chi connectivity index (χ2v) is 4.95. The normalized spacial score (nSPS) is 10.1. The van der Waals surface area contributed by atoms with Crippen molar-refractivity contribution in [1.82, 2.24) is 0 Å². The number of hydrogen-bond acceptors (Lipinski definition) is 2. The number of anilines is 1. The number of carbonyl (C=O) groups excluding carboxylic acids is 1. The third-order valence-electron chi connectivity index (χ3n) is 3.17. The third kappa shape index (κ3) is 5.30. The van der Waals surface area contributed by atoms with E-state index in [1.54, 1.807) is 0 Å². The Balaban J connectivity index is 1.78. The molecule has 3 heteroatoms. The molecule has 3 nitrogen and oxygen atoms in total. The second-order valence-electron chi connectivity index (χ2n) is 4.95. The lowest BCUT2D eigenvalue weighted by Crippen LogP contribution is -2.20. The highest BCUT2D eigenvalue weighted by molar-refractivity contribution is 5.91. The molecule has 0 saturated carbocycles. The molecule has 21 heavy (non-hydrogen) atoms. The zero-order valence-corrected chi connectivity index (χ0v) is 12.3. The van der Waals surface area contributed by atoms with Crippen LogP contribution in [0.5, 0.6) is 5.75 Å². The molecule has 2 aromatic rings. The first-order chi connectivity index (χ1) is 10.3. The summed E-state index contributed by atoms with van der Waals surface area (Å²) in [5.41, 5.74) is 2.08. The molecule has 0 saturated heterocycles. The number of unbranched alkanes of at least 4 members (excludes halogenated alkanes) is 1. The maximum Gasteiger partial charge on any atom is 0.262 e. The van der Waals surface area contributed by atoms with E-state index in [1.807, 2.05) is 42.5 Å². The number of para-hydroxylation sites is 1. The van der Waals surface area contributed by atoms with Gasteiger partial charge in [0.2, 0.25) is 0 Å². The minimum absolute atomic E-state index is 0.0171. The van der Waals surface area contributed by atoms with Crippen molar-refractivity contribution in [3.8, 4) is 5.75 Å². The fraction of sp³-hybridized carbons (Fsp3) is 0.278. The average molecular weight is 283 g/mol. The molecule has 0 bridgehead atoms. The van der Waals surface area contributed by atoms with Gasteiger partial charge in [0.15, 0.2) is 6.61 Å². The zero-order chi connectivity index (χ0) is 14.9. The maximum atomic E-state index is 11.8. The summed E-state index contributed by atoms with van der Waals surface area (Å²) < 4.78 is 5.49. The van der Waals surface area contributed by atoms with Crippen molar-refractivity contribution in [2.75, 3.05) is 11.9 Å². The van der Waals surface area contributed by atoms with Gasteiger partial charge in [-0.25, -0.2) is 0 Å². The van der Waals surface area contributed by atoms with Gasteiger partial charge in [-0.2, -0.15) is 0 Å². The van der Waals surface area contributed by atoms with Crippen LogP contribution >= 0.6 is 0 Å². The molecule has 0 aliphatic carbocycles. The molecule has 1 amide bonds. The van der Waals surface area contributed by atoms with Crippen LogP contribution in [0.3, 0.4) is 0 Å². The molecule has 0 aliphatic heterocycles. The monoisotopic (exact) mass is 283 g/mol. The van der Waals surface area contributed by atoms with Crippen LogP contribution in [0.4, 0.5) is 5.69 Å². The number of hydrogen-bond donors (Lipinski definition) is 1. The van der Waals surface area contributed by atoms with Crippen molar-refractivity contribution in [1.29, 1.82) is 0 Å². The van der Waals surface area contributed by atoms with Gasteiger partial charge in [-0.05, 0) is 42.7 Å². The molecule has 110 valence electrons. The van der Waals surface area contributed by atoms with Gasteiger partial charge >= 0.3 is 0 Å². The lowest BCUT2D eigenvalue weighted by molar-refractivity contribution is -0.118. The quantitative estimate of drug-likeness (QED) is 0.832. The van der Waals surface area contributed by atoms with E-state index in [-0.39, 0.29) is 12.5 Å². The Bertz CT molecular complexity index is 549. The number of carbonyl (C=O) groups is 1. The summed E-state index contributed by atoms with van der Waals surface area (Å²) in [5, 5.41) is 2.79. The molecule has 1 N–H and O–H groups in total. The molecular formula is C18H21NO2. The highest BCUT2D eigenvalue weighted by atomic mass is 16.5. The first kappa shape index (κ1) is 15.1. The highest BCUT2D eigenvalue weighted by Crippen LogP contribution is 2.14. The van der Waals surface area contributed by atoms with Crippen LogP contribution < -0.4 is 10.1 Å². The summed E-state index contributed by atoms with van der Waals surface area (Å²) in [6.45, 7) is 2.20. The molecule has 2 aromatic carbocycles. The van der Waals surface area contributed by atoms with Crippen molar-refractivity contribution < 1.29 is 9.53 Å². The van der Waals surface area contributed by atoms with E-state index in [0.717, 1.165) is 17.9 Å². The van der Waals surface area contributed by atoms with E-state index in [4.69, 9.17) is 4.74 Å². The fourth-order valence-electron chi connectivity index (χ4n) is 2.00.